The molecule has 16 heavy (non-hydrogen) atoms. The lowest BCUT2D eigenvalue weighted by Gasteiger charge is -2.47. The van der Waals surface area contributed by atoms with Gasteiger partial charge in [0.2, 0.25) is 0 Å². The van der Waals surface area contributed by atoms with E-state index in [9.17, 15) is 0 Å². The quantitative estimate of drug-likeness (QED) is 0.639. The van der Waals surface area contributed by atoms with Gasteiger partial charge in [0.05, 0.1) is 6.10 Å². The first-order valence-electron chi connectivity index (χ1n) is 6.59. The number of hydrogen-bond acceptors (Lipinski definition) is 1. The molecular weight excluding hydrogens is 196 g/mol. The zero-order chi connectivity index (χ0) is 12.8. The SMILES string of the molecule is CC(C)(C)C1CCOC1C(C)(C)C(C)(C)C. The average Bonchev–Trinajstić information content (AvgIpc) is 2.47. The van der Waals surface area contributed by atoms with Gasteiger partial charge >= 0.3 is 0 Å². The van der Waals surface area contributed by atoms with Crippen molar-refractivity contribution in [2.75, 3.05) is 6.61 Å². The lowest BCUT2D eigenvalue weighted by molar-refractivity contribution is -0.0781. The van der Waals surface area contributed by atoms with Gasteiger partial charge < -0.3 is 4.74 Å². The molecule has 1 heteroatoms. The van der Waals surface area contributed by atoms with Gasteiger partial charge in [-0.2, -0.15) is 0 Å². The van der Waals surface area contributed by atoms with Crippen LogP contribution in [0, 0.1) is 22.2 Å². The van der Waals surface area contributed by atoms with E-state index in [1.54, 1.807) is 0 Å². The molecule has 0 aliphatic carbocycles. The van der Waals surface area contributed by atoms with Crippen LogP contribution in [0.15, 0.2) is 0 Å². The molecule has 0 radical (unpaired) electrons. The van der Waals surface area contributed by atoms with Crippen molar-refractivity contribution < 1.29 is 4.74 Å². The van der Waals surface area contributed by atoms with Gasteiger partial charge in [0, 0.05) is 6.61 Å². The maximum Gasteiger partial charge on any atom is 0.0664 e. The lowest BCUT2D eigenvalue weighted by atomic mass is 9.60. The van der Waals surface area contributed by atoms with Crippen molar-refractivity contribution in [2.24, 2.45) is 22.2 Å². The fraction of sp³-hybridized carbons (Fsp3) is 1.00. The molecule has 0 bridgehead atoms. The Kier molecular flexibility index (Phi) is 3.52. The maximum absolute atomic E-state index is 6.08. The highest BCUT2D eigenvalue weighted by Gasteiger charge is 2.49. The number of rotatable bonds is 1. The zero-order valence-electron chi connectivity index (χ0n) is 12.5. The van der Waals surface area contributed by atoms with Gasteiger partial charge in [0.25, 0.3) is 0 Å². The fourth-order valence-electron chi connectivity index (χ4n) is 2.61. The molecule has 0 amide bonds. The molecule has 1 saturated heterocycles. The van der Waals surface area contributed by atoms with Gasteiger partial charge in [-0.15, -0.1) is 0 Å². The summed E-state index contributed by atoms with van der Waals surface area (Å²) in [5.74, 6) is 0.682. The highest BCUT2D eigenvalue weighted by Crippen LogP contribution is 2.51. The first-order chi connectivity index (χ1) is 6.98. The van der Waals surface area contributed by atoms with Crippen molar-refractivity contribution in [3.8, 4) is 0 Å². The van der Waals surface area contributed by atoms with E-state index in [2.05, 4.69) is 55.4 Å². The van der Waals surface area contributed by atoms with Gasteiger partial charge in [0.1, 0.15) is 0 Å². The minimum atomic E-state index is 0.224. The maximum atomic E-state index is 6.08. The van der Waals surface area contributed by atoms with Crippen molar-refractivity contribution in [1.82, 2.24) is 0 Å². The van der Waals surface area contributed by atoms with Gasteiger partial charge in [-0.25, -0.2) is 0 Å². The molecule has 0 saturated carbocycles. The van der Waals surface area contributed by atoms with Crippen LogP contribution in [0.2, 0.25) is 0 Å². The van der Waals surface area contributed by atoms with Crippen molar-refractivity contribution in [1.29, 1.82) is 0 Å². The van der Waals surface area contributed by atoms with Crippen molar-refractivity contribution in [3.05, 3.63) is 0 Å². The largest absolute Gasteiger partial charge is 0.377 e. The Morgan fingerprint density at radius 1 is 0.875 bits per heavy atom. The summed E-state index contributed by atoms with van der Waals surface area (Å²) in [6, 6.07) is 0. The summed E-state index contributed by atoms with van der Waals surface area (Å²) in [5, 5.41) is 0. The van der Waals surface area contributed by atoms with E-state index in [1.165, 1.54) is 6.42 Å². The summed E-state index contributed by atoms with van der Waals surface area (Å²) < 4.78 is 6.08. The molecule has 2 unspecified atom stereocenters. The molecule has 2 atom stereocenters. The second-order valence-electron chi connectivity index (χ2n) is 8.02. The molecule has 1 aliphatic rings. The Hall–Kier alpha value is -0.0400. The minimum absolute atomic E-state index is 0.224. The third-order valence-corrected chi connectivity index (χ3v) is 4.85. The molecule has 96 valence electrons. The predicted molar refractivity (Wildman–Crippen MR) is 70.5 cm³/mol. The van der Waals surface area contributed by atoms with E-state index in [0.29, 0.717) is 17.4 Å². The molecule has 1 heterocycles. The predicted octanol–water partition coefficient (Wildman–Crippen LogP) is 4.51. The van der Waals surface area contributed by atoms with Gasteiger partial charge in [0.15, 0.2) is 0 Å². The van der Waals surface area contributed by atoms with Crippen LogP contribution in [0.5, 0.6) is 0 Å². The third kappa shape index (κ3) is 2.45. The first kappa shape index (κ1) is 14.0. The molecule has 0 aromatic heterocycles. The topological polar surface area (TPSA) is 9.23 Å². The summed E-state index contributed by atoms with van der Waals surface area (Å²) in [6.07, 6.45) is 1.61. The van der Waals surface area contributed by atoms with Crippen LogP contribution in [0.4, 0.5) is 0 Å². The molecule has 1 aliphatic heterocycles. The van der Waals surface area contributed by atoms with Gasteiger partial charge in [-0.05, 0) is 28.6 Å². The van der Waals surface area contributed by atoms with Crippen molar-refractivity contribution in [3.63, 3.8) is 0 Å². The van der Waals surface area contributed by atoms with Crippen LogP contribution in [0.3, 0.4) is 0 Å². The molecule has 0 spiro atoms. The standard InChI is InChI=1S/C15H30O/c1-13(2,3)11-9-10-16-12(11)15(7,8)14(4,5)6/h11-12H,9-10H2,1-8H3. The number of ether oxygens (including phenoxy) is 1. The molecule has 0 N–H and O–H groups in total. The lowest BCUT2D eigenvalue weighted by Crippen LogP contribution is -2.46. The van der Waals surface area contributed by atoms with Crippen LogP contribution in [0.25, 0.3) is 0 Å². The minimum Gasteiger partial charge on any atom is -0.377 e. The van der Waals surface area contributed by atoms with E-state index in [1.807, 2.05) is 0 Å². The smallest absolute Gasteiger partial charge is 0.0664 e. The normalized spacial score (nSPS) is 28.5. The fourth-order valence-corrected chi connectivity index (χ4v) is 2.61. The summed E-state index contributed by atoms with van der Waals surface area (Å²) in [4.78, 5) is 0. The Morgan fingerprint density at radius 2 is 1.38 bits per heavy atom. The summed E-state index contributed by atoms with van der Waals surface area (Å²) in [7, 11) is 0. The second-order valence-corrected chi connectivity index (χ2v) is 8.02. The van der Waals surface area contributed by atoms with E-state index >= 15 is 0 Å². The van der Waals surface area contributed by atoms with E-state index in [-0.39, 0.29) is 10.8 Å². The van der Waals surface area contributed by atoms with E-state index < -0.39 is 0 Å². The zero-order valence-corrected chi connectivity index (χ0v) is 12.5. The summed E-state index contributed by atoms with van der Waals surface area (Å²) in [6.45, 7) is 19.7. The van der Waals surface area contributed by atoms with Crippen LogP contribution >= 0.6 is 0 Å². The second kappa shape index (κ2) is 4.01. The third-order valence-electron chi connectivity index (χ3n) is 4.85. The van der Waals surface area contributed by atoms with Gasteiger partial charge in [-0.3, -0.25) is 0 Å². The summed E-state index contributed by atoms with van der Waals surface area (Å²) >= 11 is 0. The highest BCUT2D eigenvalue weighted by molar-refractivity contribution is 4.98. The molecule has 0 aromatic rings. The Balaban J connectivity index is 2.96. The van der Waals surface area contributed by atoms with E-state index in [4.69, 9.17) is 4.74 Å². The Labute approximate surface area is 102 Å². The number of hydrogen-bond donors (Lipinski definition) is 0. The molecular formula is C15H30O. The van der Waals surface area contributed by atoms with Crippen LogP contribution < -0.4 is 0 Å². The summed E-state index contributed by atoms with van der Waals surface area (Å²) in [5.41, 5.74) is 0.858. The Morgan fingerprint density at radius 3 is 1.75 bits per heavy atom. The van der Waals surface area contributed by atoms with E-state index in [0.717, 1.165) is 6.61 Å². The Bertz CT molecular complexity index is 239. The first-order valence-corrected chi connectivity index (χ1v) is 6.59. The molecule has 1 rings (SSSR count). The molecule has 1 nitrogen and oxygen atoms in total. The monoisotopic (exact) mass is 226 g/mol. The molecule has 1 fully saturated rings. The highest BCUT2D eigenvalue weighted by atomic mass is 16.5. The van der Waals surface area contributed by atoms with Crippen molar-refractivity contribution >= 4 is 0 Å². The van der Waals surface area contributed by atoms with Crippen LogP contribution in [0.1, 0.15) is 61.8 Å². The average molecular weight is 226 g/mol. The molecule has 0 aromatic carbocycles. The van der Waals surface area contributed by atoms with Crippen LogP contribution in [-0.2, 0) is 4.74 Å². The van der Waals surface area contributed by atoms with Crippen molar-refractivity contribution in [2.45, 2.75) is 67.9 Å². The van der Waals surface area contributed by atoms with Gasteiger partial charge in [-0.1, -0.05) is 55.4 Å². The van der Waals surface area contributed by atoms with Crippen LogP contribution in [-0.4, -0.2) is 12.7 Å².